The monoisotopic (exact) mass is 312 g/mol. The van der Waals surface area contributed by atoms with E-state index in [0.717, 1.165) is 9.56 Å². The first-order valence-corrected chi connectivity index (χ1v) is 7.38. The highest BCUT2D eigenvalue weighted by Crippen LogP contribution is 2.12. The average Bonchev–Trinajstić information content (AvgIpc) is 3.04. The lowest BCUT2D eigenvalue weighted by Crippen LogP contribution is -2.27. The number of carbonyl (C=O) groups excluding carboxylic acids is 1. The Labute approximate surface area is 129 Å². The Kier molecular flexibility index (Phi) is 3.80. The van der Waals surface area contributed by atoms with E-state index >= 15 is 0 Å². The van der Waals surface area contributed by atoms with Gasteiger partial charge in [0.2, 0.25) is 0 Å². The standard InChI is InChI=1S/C15H12N4O2S/c1-19-15(21)12-7-3-2-6-11(12)13(18-19)14(20)17-16-9-10-5-4-8-22-10/h2-9H,1H3,(H,17,20)/b16-9-. The van der Waals surface area contributed by atoms with E-state index in [1.807, 2.05) is 17.5 Å². The summed E-state index contributed by atoms with van der Waals surface area (Å²) in [5, 5.41) is 10.8. The molecule has 1 N–H and O–H groups in total. The van der Waals surface area contributed by atoms with E-state index in [4.69, 9.17) is 0 Å². The Balaban J connectivity index is 1.94. The number of benzene rings is 1. The molecule has 2 aromatic heterocycles. The molecule has 110 valence electrons. The Morgan fingerprint density at radius 3 is 2.77 bits per heavy atom. The summed E-state index contributed by atoms with van der Waals surface area (Å²) in [5.74, 6) is -0.459. The summed E-state index contributed by atoms with van der Waals surface area (Å²) in [4.78, 5) is 25.2. The van der Waals surface area contributed by atoms with Gasteiger partial charge in [0, 0.05) is 17.3 Å². The second kappa shape index (κ2) is 5.90. The van der Waals surface area contributed by atoms with Crippen molar-refractivity contribution in [2.45, 2.75) is 0 Å². The van der Waals surface area contributed by atoms with Crippen molar-refractivity contribution in [1.82, 2.24) is 15.2 Å². The molecule has 0 atom stereocenters. The van der Waals surface area contributed by atoms with Crippen molar-refractivity contribution >= 4 is 34.2 Å². The number of rotatable bonds is 3. The smallest absolute Gasteiger partial charge is 0.267 e. The molecule has 3 aromatic rings. The van der Waals surface area contributed by atoms with Crippen molar-refractivity contribution in [3.05, 3.63) is 62.7 Å². The van der Waals surface area contributed by atoms with Crippen LogP contribution in [0.15, 0.2) is 51.7 Å². The number of thiophene rings is 1. The number of hydrogen-bond donors (Lipinski definition) is 1. The highest BCUT2D eigenvalue weighted by molar-refractivity contribution is 7.11. The van der Waals surface area contributed by atoms with E-state index in [1.165, 1.54) is 18.4 Å². The van der Waals surface area contributed by atoms with Crippen LogP contribution in [0.25, 0.3) is 10.8 Å². The van der Waals surface area contributed by atoms with Crippen LogP contribution >= 0.6 is 11.3 Å². The fourth-order valence-electron chi connectivity index (χ4n) is 2.04. The Morgan fingerprint density at radius 1 is 1.27 bits per heavy atom. The first-order chi connectivity index (χ1) is 10.7. The van der Waals surface area contributed by atoms with Crippen LogP contribution in [0, 0.1) is 0 Å². The minimum absolute atomic E-state index is 0.168. The normalized spacial score (nSPS) is 11.1. The van der Waals surface area contributed by atoms with Gasteiger partial charge in [-0.25, -0.2) is 10.1 Å². The second-order valence-corrected chi connectivity index (χ2v) is 5.52. The summed E-state index contributed by atoms with van der Waals surface area (Å²) in [6.45, 7) is 0. The molecule has 0 fully saturated rings. The number of aryl methyl sites for hydroxylation is 1. The molecule has 0 aliphatic carbocycles. The Hall–Kier alpha value is -2.80. The SMILES string of the molecule is Cn1nc(C(=O)N/N=C\c2cccs2)c2ccccc2c1=O. The number of hydrogen-bond acceptors (Lipinski definition) is 5. The number of nitrogens with one attached hydrogen (secondary N) is 1. The molecule has 0 saturated heterocycles. The van der Waals surface area contributed by atoms with Gasteiger partial charge in [-0.2, -0.15) is 10.2 Å². The van der Waals surface area contributed by atoms with Crippen molar-refractivity contribution < 1.29 is 4.79 Å². The van der Waals surface area contributed by atoms with Crippen molar-refractivity contribution in [3.8, 4) is 0 Å². The highest BCUT2D eigenvalue weighted by atomic mass is 32.1. The molecule has 0 aliphatic rings. The van der Waals surface area contributed by atoms with E-state index in [2.05, 4.69) is 15.6 Å². The van der Waals surface area contributed by atoms with Crippen LogP contribution < -0.4 is 11.0 Å². The van der Waals surface area contributed by atoms with Gasteiger partial charge < -0.3 is 0 Å². The topological polar surface area (TPSA) is 76.3 Å². The van der Waals surface area contributed by atoms with Gasteiger partial charge in [0.15, 0.2) is 5.69 Å². The van der Waals surface area contributed by atoms with Gasteiger partial charge in [-0.1, -0.05) is 24.3 Å². The average molecular weight is 312 g/mol. The zero-order valence-electron chi connectivity index (χ0n) is 11.7. The first kappa shape index (κ1) is 14.2. The molecule has 1 amide bonds. The molecule has 6 nitrogen and oxygen atoms in total. The Morgan fingerprint density at radius 2 is 2.05 bits per heavy atom. The van der Waals surface area contributed by atoms with Crippen molar-refractivity contribution in [2.24, 2.45) is 12.1 Å². The van der Waals surface area contributed by atoms with Crippen LogP contribution in [0.4, 0.5) is 0 Å². The minimum atomic E-state index is -0.459. The van der Waals surface area contributed by atoms with Crippen LogP contribution in [-0.4, -0.2) is 21.9 Å². The van der Waals surface area contributed by atoms with Crippen LogP contribution in [0.5, 0.6) is 0 Å². The maximum absolute atomic E-state index is 12.3. The number of carbonyl (C=O) groups is 1. The summed E-state index contributed by atoms with van der Waals surface area (Å²) in [5.41, 5.74) is 2.36. The first-order valence-electron chi connectivity index (χ1n) is 6.50. The fraction of sp³-hybridized carbons (Fsp3) is 0.0667. The number of aromatic nitrogens is 2. The van der Waals surface area contributed by atoms with Gasteiger partial charge in [0.25, 0.3) is 11.5 Å². The third-order valence-electron chi connectivity index (χ3n) is 3.07. The van der Waals surface area contributed by atoms with E-state index in [0.29, 0.717) is 10.8 Å². The lowest BCUT2D eigenvalue weighted by molar-refractivity contribution is 0.0950. The molecule has 0 radical (unpaired) electrons. The van der Waals surface area contributed by atoms with Crippen LogP contribution in [0.1, 0.15) is 15.4 Å². The van der Waals surface area contributed by atoms with Gasteiger partial charge in [0.05, 0.1) is 11.6 Å². The van der Waals surface area contributed by atoms with Gasteiger partial charge in [-0.05, 0) is 17.5 Å². The molecular weight excluding hydrogens is 300 g/mol. The third-order valence-corrected chi connectivity index (χ3v) is 3.88. The predicted octanol–water partition coefficient (Wildman–Crippen LogP) is 1.76. The van der Waals surface area contributed by atoms with Crippen molar-refractivity contribution in [2.75, 3.05) is 0 Å². The minimum Gasteiger partial charge on any atom is -0.267 e. The number of amides is 1. The van der Waals surface area contributed by atoms with Gasteiger partial charge in [-0.15, -0.1) is 11.3 Å². The molecule has 1 aromatic carbocycles. The predicted molar refractivity (Wildman–Crippen MR) is 86.4 cm³/mol. The third kappa shape index (κ3) is 2.66. The zero-order chi connectivity index (χ0) is 15.5. The summed E-state index contributed by atoms with van der Waals surface area (Å²) < 4.78 is 1.15. The summed E-state index contributed by atoms with van der Waals surface area (Å²) >= 11 is 1.52. The lowest BCUT2D eigenvalue weighted by atomic mass is 10.1. The lowest BCUT2D eigenvalue weighted by Gasteiger charge is -2.06. The zero-order valence-corrected chi connectivity index (χ0v) is 12.5. The molecule has 2 heterocycles. The molecule has 0 unspecified atom stereocenters. The number of fused-ring (bicyclic) bond motifs is 1. The van der Waals surface area contributed by atoms with E-state index in [9.17, 15) is 9.59 Å². The number of nitrogens with zero attached hydrogens (tertiary/aromatic N) is 3. The maximum atomic E-state index is 12.3. The molecule has 0 saturated carbocycles. The van der Waals surface area contributed by atoms with Gasteiger partial charge >= 0.3 is 0 Å². The highest BCUT2D eigenvalue weighted by Gasteiger charge is 2.14. The fourth-order valence-corrected chi connectivity index (χ4v) is 2.62. The summed E-state index contributed by atoms with van der Waals surface area (Å²) in [7, 11) is 1.51. The molecule has 22 heavy (non-hydrogen) atoms. The number of hydrazone groups is 1. The summed E-state index contributed by atoms with van der Waals surface area (Å²) in [6.07, 6.45) is 1.56. The summed E-state index contributed by atoms with van der Waals surface area (Å²) in [6, 6.07) is 10.7. The molecule has 0 aliphatic heterocycles. The second-order valence-electron chi connectivity index (χ2n) is 4.54. The van der Waals surface area contributed by atoms with Crippen LogP contribution in [0.2, 0.25) is 0 Å². The van der Waals surface area contributed by atoms with E-state index in [1.54, 1.807) is 30.5 Å². The van der Waals surface area contributed by atoms with Crippen LogP contribution in [-0.2, 0) is 7.05 Å². The van der Waals surface area contributed by atoms with Crippen LogP contribution in [0.3, 0.4) is 0 Å². The maximum Gasteiger partial charge on any atom is 0.292 e. The molecule has 0 spiro atoms. The molecule has 0 bridgehead atoms. The van der Waals surface area contributed by atoms with E-state index in [-0.39, 0.29) is 11.3 Å². The Bertz CT molecular complexity index is 913. The van der Waals surface area contributed by atoms with Gasteiger partial charge in [0.1, 0.15) is 0 Å². The molecular formula is C15H12N4O2S. The van der Waals surface area contributed by atoms with Crippen molar-refractivity contribution in [3.63, 3.8) is 0 Å². The van der Waals surface area contributed by atoms with Gasteiger partial charge in [-0.3, -0.25) is 9.59 Å². The molecule has 7 heteroatoms. The largest absolute Gasteiger partial charge is 0.292 e. The quantitative estimate of drug-likeness (QED) is 0.591. The molecule has 3 rings (SSSR count). The van der Waals surface area contributed by atoms with Crippen molar-refractivity contribution in [1.29, 1.82) is 0 Å². The van der Waals surface area contributed by atoms with E-state index < -0.39 is 5.91 Å².